The van der Waals surface area contributed by atoms with Crippen molar-refractivity contribution in [3.8, 4) is 0 Å². The molecule has 1 N–H and O–H groups in total. The Morgan fingerprint density at radius 3 is 2.33 bits per heavy atom. The number of anilines is 1. The van der Waals surface area contributed by atoms with Gasteiger partial charge in [-0.3, -0.25) is 4.79 Å². The van der Waals surface area contributed by atoms with Gasteiger partial charge in [0.15, 0.2) is 0 Å². The molecule has 0 heterocycles. The van der Waals surface area contributed by atoms with E-state index in [1.165, 1.54) is 5.56 Å². The zero-order valence-electron chi connectivity index (χ0n) is 12.4. The summed E-state index contributed by atoms with van der Waals surface area (Å²) in [5.41, 5.74) is 3.21. The lowest BCUT2D eigenvalue weighted by Crippen LogP contribution is -2.28. The fraction of sp³-hybridized carbons (Fsp3) is 0.278. The molecule has 1 amide bonds. The summed E-state index contributed by atoms with van der Waals surface area (Å²) in [5, 5.41) is 2.70. The SMILES string of the molecule is CC(C)C(S)C(=O)Nc1ccccc1Cc1ccccc1. The second-order valence-corrected chi connectivity index (χ2v) is 6.05. The van der Waals surface area contributed by atoms with Gasteiger partial charge in [-0.05, 0) is 29.5 Å². The number of thiol groups is 1. The third kappa shape index (κ3) is 4.36. The first-order valence-corrected chi connectivity index (χ1v) is 7.70. The Morgan fingerprint density at radius 1 is 1.05 bits per heavy atom. The largest absolute Gasteiger partial charge is 0.325 e. The van der Waals surface area contributed by atoms with Crippen molar-refractivity contribution in [2.75, 3.05) is 5.32 Å². The first-order chi connectivity index (χ1) is 10.1. The average Bonchev–Trinajstić information content (AvgIpc) is 2.49. The van der Waals surface area contributed by atoms with Gasteiger partial charge in [0.05, 0.1) is 5.25 Å². The van der Waals surface area contributed by atoms with Crippen molar-refractivity contribution in [2.45, 2.75) is 25.5 Å². The summed E-state index contributed by atoms with van der Waals surface area (Å²) < 4.78 is 0. The number of amides is 1. The Balaban J connectivity index is 2.16. The topological polar surface area (TPSA) is 29.1 Å². The normalized spacial score (nSPS) is 12.2. The van der Waals surface area contributed by atoms with E-state index >= 15 is 0 Å². The molecule has 110 valence electrons. The Labute approximate surface area is 132 Å². The minimum absolute atomic E-state index is 0.0474. The molecule has 0 saturated carbocycles. The minimum Gasteiger partial charge on any atom is -0.325 e. The van der Waals surface area contributed by atoms with E-state index in [1.807, 2.05) is 56.3 Å². The van der Waals surface area contributed by atoms with Crippen LogP contribution in [0.1, 0.15) is 25.0 Å². The zero-order valence-corrected chi connectivity index (χ0v) is 13.3. The van der Waals surface area contributed by atoms with Crippen LogP contribution in [0, 0.1) is 5.92 Å². The maximum absolute atomic E-state index is 12.2. The maximum atomic E-state index is 12.2. The van der Waals surface area contributed by atoms with Crippen molar-refractivity contribution < 1.29 is 4.79 Å². The maximum Gasteiger partial charge on any atom is 0.237 e. The summed E-state index contributed by atoms with van der Waals surface area (Å²) in [7, 11) is 0. The van der Waals surface area contributed by atoms with E-state index in [0.29, 0.717) is 0 Å². The minimum atomic E-state index is -0.296. The molecular formula is C18H21NOS. The smallest absolute Gasteiger partial charge is 0.237 e. The van der Waals surface area contributed by atoms with Gasteiger partial charge in [-0.1, -0.05) is 62.4 Å². The summed E-state index contributed by atoms with van der Waals surface area (Å²) in [6.45, 7) is 3.99. The van der Waals surface area contributed by atoms with Gasteiger partial charge in [-0.15, -0.1) is 0 Å². The monoisotopic (exact) mass is 299 g/mol. The third-order valence-corrected chi connectivity index (χ3v) is 4.24. The van der Waals surface area contributed by atoms with Gasteiger partial charge in [0, 0.05) is 5.69 Å². The van der Waals surface area contributed by atoms with E-state index in [1.54, 1.807) is 0 Å². The molecular weight excluding hydrogens is 278 g/mol. The molecule has 0 aromatic heterocycles. The molecule has 21 heavy (non-hydrogen) atoms. The van der Waals surface area contributed by atoms with Crippen LogP contribution in [0.15, 0.2) is 54.6 Å². The van der Waals surface area contributed by atoms with Crippen molar-refractivity contribution >= 4 is 24.2 Å². The van der Waals surface area contributed by atoms with E-state index in [9.17, 15) is 4.79 Å². The van der Waals surface area contributed by atoms with Crippen LogP contribution in [0.25, 0.3) is 0 Å². The van der Waals surface area contributed by atoms with E-state index < -0.39 is 0 Å². The molecule has 2 aromatic rings. The lowest BCUT2D eigenvalue weighted by Gasteiger charge is -2.16. The second-order valence-electron chi connectivity index (χ2n) is 5.50. The molecule has 0 aliphatic heterocycles. The number of hydrogen-bond acceptors (Lipinski definition) is 2. The molecule has 0 aliphatic carbocycles. The van der Waals surface area contributed by atoms with Crippen LogP contribution in [-0.2, 0) is 11.2 Å². The van der Waals surface area contributed by atoms with Crippen molar-refractivity contribution in [1.29, 1.82) is 0 Å². The van der Waals surface area contributed by atoms with Crippen LogP contribution < -0.4 is 5.32 Å². The summed E-state index contributed by atoms with van der Waals surface area (Å²) >= 11 is 4.37. The zero-order chi connectivity index (χ0) is 15.2. The first-order valence-electron chi connectivity index (χ1n) is 7.18. The van der Waals surface area contributed by atoms with E-state index in [2.05, 4.69) is 30.1 Å². The number of benzene rings is 2. The summed E-state index contributed by atoms with van der Waals surface area (Å²) in [5.74, 6) is 0.156. The van der Waals surface area contributed by atoms with Gasteiger partial charge in [0.2, 0.25) is 5.91 Å². The lowest BCUT2D eigenvalue weighted by molar-refractivity contribution is -0.116. The molecule has 2 rings (SSSR count). The van der Waals surface area contributed by atoms with E-state index in [0.717, 1.165) is 17.7 Å². The van der Waals surface area contributed by atoms with Gasteiger partial charge >= 0.3 is 0 Å². The van der Waals surface area contributed by atoms with Crippen LogP contribution >= 0.6 is 12.6 Å². The number of rotatable bonds is 5. The molecule has 0 spiro atoms. The number of carbonyl (C=O) groups excluding carboxylic acids is 1. The molecule has 1 unspecified atom stereocenters. The molecule has 0 radical (unpaired) electrons. The fourth-order valence-corrected chi connectivity index (χ4v) is 2.19. The van der Waals surface area contributed by atoms with Gasteiger partial charge in [-0.25, -0.2) is 0 Å². The summed E-state index contributed by atoms with van der Waals surface area (Å²) in [4.78, 5) is 12.2. The Morgan fingerprint density at radius 2 is 1.67 bits per heavy atom. The van der Waals surface area contributed by atoms with Gasteiger partial charge in [0.25, 0.3) is 0 Å². The summed E-state index contributed by atoms with van der Waals surface area (Å²) in [6, 6.07) is 18.2. The Hall–Kier alpha value is -1.74. The quantitative estimate of drug-likeness (QED) is 0.797. The highest BCUT2D eigenvalue weighted by Crippen LogP contribution is 2.20. The van der Waals surface area contributed by atoms with Crippen LogP contribution in [0.4, 0.5) is 5.69 Å². The standard InChI is InChI=1S/C18H21NOS/c1-13(2)17(21)18(20)19-16-11-7-6-10-15(16)12-14-8-4-3-5-9-14/h3-11,13,17,21H,12H2,1-2H3,(H,19,20). The molecule has 2 nitrogen and oxygen atoms in total. The second kappa shape index (κ2) is 7.32. The Kier molecular flexibility index (Phi) is 5.45. The Bertz CT molecular complexity index is 595. The molecule has 0 fully saturated rings. The highest BCUT2D eigenvalue weighted by atomic mass is 32.1. The van der Waals surface area contributed by atoms with Crippen molar-refractivity contribution in [3.05, 3.63) is 65.7 Å². The van der Waals surface area contributed by atoms with E-state index in [4.69, 9.17) is 0 Å². The van der Waals surface area contributed by atoms with Crippen LogP contribution in [-0.4, -0.2) is 11.2 Å². The molecule has 0 saturated heterocycles. The molecule has 1 atom stereocenters. The highest BCUT2D eigenvalue weighted by Gasteiger charge is 2.18. The molecule has 0 bridgehead atoms. The van der Waals surface area contributed by atoms with Crippen molar-refractivity contribution in [2.24, 2.45) is 5.92 Å². The number of carbonyl (C=O) groups is 1. The number of hydrogen-bond donors (Lipinski definition) is 2. The predicted octanol–water partition coefficient (Wildman–Crippen LogP) is 4.17. The lowest BCUT2D eigenvalue weighted by atomic mass is 10.0. The van der Waals surface area contributed by atoms with Crippen LogP contribution in [0.2, 0.25) is 0 Å². The number of nitrogens with one attached hydrogen (secondary N) is 1. The molecule has 2 aromatic carbocycles. The van der Waals surface area contributed by atoms with Gasteiger partial charge in [-0.2, -0.15) is 12.6 Å². The van der Waals surface area contributed by atoms with E-state index in [-0.39, 0.29) is 17.1 Å². The van der Waals surface area contributed by atoms with Crippen molar-refractivity contribution in [1.82, 2.24) is 0 Å². The first kappa shape index (κ1) is 15.6. The fourth-order valence-electron chi connectivity index (χ4n) is 2.12. The van der Waals surface area contributed by atoms with Gasteiger partial charge in [0.1, 0.15) is 0 Å². The third-order valence-electron chi connectivity index (χ3n) is 3.41. The molecule has 3 heteroatoms. The number of para-hydroxylation sites is 1. The van der Waals surface area contributed by atoms with Crippen molar-refractivity contribution in [3.63, 3.8) is 0 Å². The average molecular weight is 299 g/mol. The van der Waals surface area contributed by atoms with Crippen LogP contribution in [0.5, 0.6) is 0 Å². The molecule has 0 aliphatic rings. The van der Waals surface area contributed by atoms with Gasteiger partial charge < -0.3 is 5.32 Å². The highest BCUT2D eigenvalue weighted by molar-refractivity contribution is 7.81. The predicted molar refractivity (Wildman–Crippen MR) is 91.9 cm³/mol. The van der Waals surface area contributed by atoms with Crippen LogP contribution in [0.3, 0.4) is 0 Å². The summed E-state index contributed by atoms with van der Waals surface area (Å²) in [6.07, 6.45) is 0.802.